The average Bonchev–Trinajstić information content (AvgIpc) is 2.63. The number of hydrogen-bond donors (Lipinski definition) is 1. The predicted octanol–water partition coefficient (Wildman–Crippen LogP) is 0.427. The summed E-state index contributed by atoms with van der Waals surface area (Å²) in [5.41, 5.74) is 0. The molecule has 0 aromatic rings. The first-order valence-electron chi connectivity index (χ1n) is 6.29. The van der Waals surface area contributed by atoms with Crippen molar-refractivity contribution in [3.63, 3.8) is 0 Å². The van der Waals surface area contributed by atoms with Crippen LogP contribution in [0, 0.1) is 11.8 Å². The number of hydrogen-bond acceptors (Lipinski definition) is 4. The van der Waals surface area contributed by atoms with Gasteiger partial charge in [-0.3, -0.25) is 19.3 Å². The number of ether oxygens (including phenoxy) is 1. The van der Waals surface area contributed by atoms with Crippen molar-refractivity contribution in [3.8, 4) is 0 Å². The lowest BCUT2D eigenvalue weighted by Crippen LogP contribution is -2.39. The fourth-order valence-corrected chi connectivity index (χ4v) is 2.67. The summed E-state index contributed by atoms with van der Waals surface area (Å²) in [7, 11) is 1.38. The summed E-state index contributed by atoms with van der Waals surface area (Å²) in [5, 5.41) is 8.75. The Balaban J connectivity index is 2.06. The zero-order chi connectivity index (χ0) is 14.0. The van der Waals surface area contributed by atoms with Gasteiger partial charge in [0, 0.05) is 7.11 Å². The summed E-state index contributed by atoms with van der Waals surface area (Å²) in [4.78, 5) is 36.2. The van der Waals surface area contributed by atoms with E-state index in [1.54, 1.807) is 0 Å². The fraction of sp³-hybridized carbons (Fsp3) is 0.615. The molecule has 1 saturated heterocycles. The summed E-state index contributed by atoms with van der Waals surface area (Å²) in [6.07, 6.45) is 4.13. The standard InChI is InChI=1S/C13H17NO5/c1-19-8(6-11(15)16)7-14-12(17)9-4-2-3-5-10(9)13(14)18/h2-3,8-10H,4-7H2,1H3,(H,15,16). The minimum absolute atomic E-state index is 0.0213. The number of methoxy groups -OCH3 is 1. The molecule has 0 radical (unpaired) electrons. The lowest BCUT2D eigenvalue weighted by molar-refractivity contribution is -0.146. The van der Waals surface area contributed by atoms with E-state index in [0.29, 0.717) is 12.8 Å². The van der Waals surface area contributed by atoms with Crippen molar-refractivity contribution in [1.29, 1.82) is 0 Å². The van der Waals surface area contributed by atoms with Crippen LogP contribution in [0.1, 0.15) is 19.3 Å². The highest BCUT2D eigenvalue weighted by atomic mass is 16.5. The highest BCUT2D eigenvalue weighted by molar-refractivity contribution is 6.05. The predicted molar refractivity (Wildman–Crippen MR) is 65.1 cm³/mol. The number of carbonyl (C=O) groups excluding carboxylic acids is 2. The van der Waals surface area contributed by atoms with Gasteiger partial charge in [0.1, 0.15) is 0 Å². The molecule has 1 fully saturated rings. The first-order valence-corrected chi connectivity index (χ1v) is 6.29. The minimum Gasteiger partial charge on any atom is -0.481 e. The van der Waals surface area contributed by atoms with Crippen molar-refractivity contribution in [1.82, 2.24) is 4.90 Å². The molecular weight excluding hydrogens is 250 g/mol. The van der Waals surface area contributed by atoms with Gasteiger partial charge < -0.3 is 9.84 Å². The molecule has 1 N–H and O–H groups in total. The first-order chi connectivity index (χ1) is 9.04. The number of rotatable bonds is 5. The topological polar surface area (TPSA) is 83.9 Å². The monoisotopic (exact) mass is 267 g/mol. The van der Waals surface area contributed by atoms with Crippen LogP contribution in [0.25, 0.3) is 0 Å². The molecule has 1 aliphatic heterocycles. The Morgan fingerprint density at radius 1 is 1.37 bits per heavy atom. The van der Waals surface area contributed by atoms with E-state index in [4.69, 9.17) is 9.84 Å². The molecule has 3 unspecified atom stereocenters. The molecule has 3 atom stereocenters. The molecule has 6 heteroatoms. The molecule has 0 saturated carbocycles. The van der Waals surface area contributed by atoms with Gasteiger partial charge in [0.25, 0.3) is 0 Å². The van der Waals surface area contributed by atoms with E-state index in [2.05, 4.69) is 0 Å². The largest absolute Gasteiger partial charge is 0.481 e. The van der Waals surface area contributed by atoms with Crippen LogP contribution in [0.2, 0.25) is 0 Å². The lowest BCUT2D eigenvalue weighted by Gasteiger charge is -2.20. The van der Waals surface area contributed by atoms with E-state index in [-0.39, 0.29) is 36.6 Å². The number of nitrogens with zero attached hydrogens (tertiary/aromatic N) is 1. The fourth-order valence-electron chi connectivity index (χ4n) is 2.67. The molecule has 0 spiro atoms. The quantitative estimate of drug-likeness (QED) is 0.576. The van der Waals surface area contributed by atoms with E-state index in [0.717, 1.165) is 0 Å². The van der Waals surface area contributed by atoms with E-state index < -0.39 is 12.1 Å². The highest BCUT2D eigenvalue weighted by Crippen LogP contribution is 2.35. The van der Waals surface area contributed by atoms with Gasteiger partial charge in [0.05, 0.1) is 30.9 Å². The van der Waals surface area contributed by atoms with Gasteiger partial charge >= 0.3 is 5.97 Å². The number of carboxylic acids is 1. The Kier molecular flexibility index (Phi) is 3.99. The van der Waals surface area contributed by atoms with Crippen LogP contribution in [-0.4, -0.2) is 47.5 Å². The normalized spacial score (nSPS) is 27.5. The third-order valence-corrected chi connectivity index (χ3v) is 3.72. The van der Waals surface area contributed by atoms with Crippen LogP contribution in [0.4, 0.5) is 0 Å². The van der Waals surface area contributed by atoms with Crippen molar-refractivity contribution < 1.29 is 24.2 Å². The van der Waals surface area contributed by atoms with Gasteiger partial charge in [0.15, 0.2) is 0 Å². The average molecular weight is 267 g/mol. The highest BCUT2D eigenvalue weighted by Gasteiger charge is 2.47. The van der Waals surface area contributed by atoms with Gasteiger partial charge in [-0.25, -0.2) is 0 Å². The van der Waals surface area contributed by atoms with E-state index >= 15 is 0 Å². The van der Waals surface area contributed by atoms with E-state index in [1.165, 1.54) is 12.0 Å². The number of allylic oxidation sites excluding steroid dienone is 2. The summed E-state index contributed by atoms with van der Waals surface area (Å²) in [5.74, 6) is -1.97. The zero-order valence-corrected chi connectivity index (χ0v) is 10.7. The molecule has 0 bridgehead atoms. The lowest BCUT2D eigenvalue weighted by atomic mass is 9.85. The molecule has 2 rings (SSSR count). The molecule has 2 aliphatic rings. The smallest absolute Gasteiger partial charge is 0.306 e. The first kappa shape index (κ1) is 13.7. The number of carboxylic acid groups (broad SMARTS) is 1. The second-order valence-corrected chi connectivity index (χ2v) is 4.90. The van der Waals surface area contributed by atoms with Crippen LogP contribution in [0.3, 0.4) is 0 Å². The van der Waals surface area contributed by atoms with Gasteiger partial charge in [-0.05, 0) is 12.8 Å². The van der Waals surface area contributed by atoms with Crippen molar-refractivity contribution in [2.75, 3.05) is 13.7 Å². The molecule has 6 nitrogen and oxygen atoms in total. The number of carbonyl (C=O) groups is 3. The Bertz CT molecular complexity index is 405. The Labute approximate surface area is 111 Å². The maximum atomic E-state index is 12.2. The van der Waals surface area contributed by atoms with Gasteiger partial charge in [-0.1, -0.05) is 12.2 Å². The van der Waals surface area contributed by atoms with Crippen LogP contribution < -0.4 is 0 Å². The van der Waals surface area contributed by atoms with Crippen LogP contribution >= 0.6 is 0 Å². The van der Waals surface area contributed by atoms with Gasteiger partial charge in [0.2, 0.25) is 11.8 Å². The number of likely N-dealkylation sites (tertiary alicyclic amines) is 1. The van der Waals surface area contributed by atoms with Crippen molar-refractivity contribution in [2.24, 2.45) is 11.8 Å². The SMILES string of the molecule is COC(CC(=O)O)CN1C(=O)C2CC=CCC2C1=O. The van der Waals surface area contributed by atoms with Gasteiger partial charge in [-0.2, -0.15) is 0 Å². The van der Waals surface area contributed by atoms with Crippen molar-refractivity contribution in [3.05, 3.63) is 12.2 Å². The summed E-state index contributed by atoms with van der Waals surface area (Å²) in [6, 6.07) is 0. The maximum Gasteiger partial charge on any atom is 0.306 e. The molecule has 1 heterocycles. The number of aliphatic carboxylic acids is 1. The van der Waals surface area contributed by atoms with E-state index in [9.17, 15) is 14.4 Å². The van der Waals surface area contributed by atoms with Gasteiger partial charge in [-0.15, -0.1) is 0 Å². The zero-order valence-electron chi connectivity index (χ0n) is 10.7. The van der Waals surface area contributed by atoms with Crippen LogP contribution in [-0.2, 0) is 19.1 Å². The number of fused-ring (bicyclic) bond motifs is 1. The maximum absolute atomic E-state index is 12.2. The van der Waals surface area contributed by atoms with Crippen molar-refractivity contribution in [2.45, 2.75) is 25.4 Å². The third-order valence-electron chi connectivity index (χ3n) is 3.72. The molecule has 0 aromatic carbocycles. The summed E-state index contributed by atoms with van der Waals surface area (Å²) < 4.78 is 5.03. The summed E-state index contributed by atoms with van der Waals surface area (Å²) in [6.45, 7) is 0.0213. The molecule has 104 valence electrons. The molecule has 1 aliphatic carbocycles. The van der Waals surface area contributed by atoms with E-state index in [1.807, 2.05) is 12.2 Å². The second kappa shape index (κ2) is 5.52. The minimum atomic E-state index is -1.01. The molecule has 2 amide bonds. The van der Waals surface area contributed by atoms with Crippen LogP contribution in [0.5, 0.6) is 0 Å². The number of imide groups is 1. The Morgan fingerprint density at radius 2 is 1.89 bits per heavy atom. The Hall–Kier alpha value is -1.69. The summed E-state index contributed by atoms with van der Waals surface area (Å²) >= 11 is 0. The Morgan fingerprint density at radius 3 is 2.32 bits per heavy atom. The molecule has 19 heavy (non-hydrogen) atoms. The third kappa shape index (κ3) is 2.68. The second-order valence-electron chi connectivity index (χ2n) is 4.90. The van der Waals surface area contributed by atoms with Crippen molar-refractivity contribution >= 4 is 17.8 Å². The van der Waals surface area contributed by atoms with Crippen LogP contribution in [0.15, 0.2) is 12.2 Å². The molecular formula is C13H17NO5. The number of amides is 2. The molecule has 0 aromatic heterocycles.